The van der Waals surface area contributed by atoms with Gasteiger partial charge < -0.3 is 0 Å². The Morgan fingerprint density at radius 3 is 2.64 bits per heavy atom. The topological polar surface area (TPSA) is 32.7 Å². The molecule has 1 amide bonds. The third kappa shape index (κ3) is 2.69. The first-order valence-corrected chi connectivity index (χ1v) is 11.6. The molecule has 2 fully saturated rings. The number of rotatable bonds is 1. The van der Waals surface area contributed by atoms with Gasteiger partial charge in [0.15, 0.2) is 5.17 Å². The van der Waals surface area contributed by atoms with Crippen LogP contribution in [-0.2, 0) is 4.79 Å². The number of hydrogen-bond donors (Lipinski definition) is 0. The average Bonchev–Trinajstić information content (AvgIpc) is 3.31. The van der Waals surface area contributed by atoms with Gasteiger partial charge in [-0.25, -0.2) is 4.99 Å². The minimum absolute atomic E-state index is 0.0264. The van der Waals surface area contributed by atoms with Crippen molar-refractivity contribution in [3.05, 3.63) is 57.0 Å². The van der Waals surface area contributed by atoms with Crippen molar-refractivity contribution < 1.29 is 4.79 Å². The van der Waals surface area contributed by atoms with Crippen molar-refractivity contribution in [2.24, 2.45) is 4.99 Å². The predicted molar refractivity (Wildman–Crippen MR) is 109 cm³/mol. The van der Waals surface area contributed by atoms with Crippen molar-refractivity contribution in [2.45, 2.75) is 25.3 Å². The molecule has 4 aliphatic rings. The normalized spacial score (nSPS) is 26.1. The highest BCUT2D eigenvalue weighted by molar-refractivity contribution is 8.25. The fraction of sp³-hybridized carbons (Fsp3) is 0.368. The molecule has 0 saturated carbocycles. The van der Waals surface area contributed by atoms with Crippen LogP contribution in [0.5, 0.6) is 0 Å². The molecule has 1 aromatic carbocycles. The van der Waals surface area contributed by atoms with Gasteiger partial charge in [0.05, 0.1) is 17.5 Å². The molecule has 5 rings (SSSR count). The van der Waals surface area contributed by atoms with E-state index in [0.29, 0.717) is 5.75 Å². The van der Waals surface area contributed by atoms with E-state index < -0.39 is 0 Å². The second kappa shape index (κ2) is 6.56. The molecule has 2 saturated heterocycles. The van der Waals surface area contributed by atoms with Gasteiger partial charge in [-0.05, 0) is 36.0 Å². The van der Waals surface area contributed by atoms with E-state index in [1.807, 2.05) is 34.5 Å². The van der Waals surface area contributed by atoms with Gasteiger partial charge in [0.1, 0.15) is 0 Å². The summed E-state index contributed by atoms with van der Waals surface area (Å²) in [5.41, 5.74) is 5.16. The van der Waals surface area contributed by atoms with Crippen molar-refractivity contribution in [3.63, 3.8) is 0 Å². The summed E-state index contributed by atoms with van der Waals surface area (Å²) in [6, 6.07) is 10.5. The summed E-state index contributed by atoms with van der Waals surface area (Å²) in [5, 5.41) is 0.894. The van der Waals surface area contributed by atoms with E-state index in [1.165, 1.54) is 38.1 Å². The molecule has 6 heteroatoms. The molecule has 0 aromatic heterocycles. The van der Waals surface area contributed by atoms with Gasteiger partial charge in [0.25, 0.3) is 0 Å². The molecule has 0 bridgehead atoms. The summed E-state index contributed by atoms with van der Waals surface area (Å²) in [6.45, 7) is 0. The number of amidine groups is 1. The quantitative estimate of drug-likeness (QED) is 0.694. The summed E-state index contributed by atoms with van der Waals surface area (Å²) in [7, 11) is 0. The fourth-order valence-electron chi connectivity index (χ4n) is 3.92. The monoisotopic (exact) mass is 386 g/mol. The van der Waals surface area contributed by atoms with Gasteiger partial charge in [-0.15, -0.1) is 23.5 Å². The van der Waals surface area contributed by atoms with Crippen LogP contribution in [0.1, 0.15) is 30.9 Å². The van der Waals surface area contributed by atoms with Crippen LogP contribution in [0.4, 0.5) is 0 Å². The van der Waals surface area contributed by atoms with E-state index in [0.717, 1.165) is 24.4 Å². The minimum atomic E-state index is 0.0264. The number of thioether (sulfide) groups is 3. The van der Waals surface area contributed by atoms with Crippen LogP contribution in [0.25, 0.3) is 0 Å². The van der Waals surface area contributed by atoms with Gasteiger partial charge in [-0.3, -0.25) is 9.69 Å². The molecule has 0 unspecified atom stereocenters. The maximum atomic E-state index is 12.6. The van der Waals surface area contributed by atoms with Crippen molar-refractivity contribution in [1.82, 2.24) is 4.90 Å². The lowest BCUT2D eigenvalue weighted by Gasteiger charge is -2.37. The molecule has 1 atom stereocenters. The Hall–Kier alpha value is -1.11. The maximum Gasteiger partial charge on any atom is 0.239 e. The molecule has 3 heterocycles. The van der Waals surface area contributed by atoms with Crippen molar-refractivity contribution in [3.8, 4) is 0 Å². The molecule has 0 N–H and O–H groups in total. The minimum Gasteiger partial charge on any atom is -0.279 e. The SMILES string of the molecule is O=C1CSC2=NC3=C(CCCC3=C3SCCS3)[C@H](c3ccccc3)N12. The number of hydrogen-bond acceptors (Lipinski definition) is 5. The molecule has 3 nitrogen and oxygen atoms in total. The van der Waals surface area contributed by atoms with Gasteiger partial charge in [-0.2, -0.15) is 0 Å². The summed E-state index contributed by atoms with van der Waals surface area (Å²) in [4.78, 5) is 19.5. The molecule has 3 aliphatic heterocycles. The molecule has 0 spiro atoms. The Labute approximate surface area is 160 Å². The lowest BCUT2D eigenvalue weighted by molar-refractivity contribution is -0.125. The third-order valence-electron chi connectivity index (χ3n) is 4.97. The van der Waals surface area contributed by atoms with Crippen LogP contribution >= 0.6 is 35.3 Å². The summed E-state index contributed by atoms with van der Waals surface area (Å²) in [5.74, 6) is 3.10. The zero-order chi connectivity index (χ0) is 16.8. The first kappa shape index (κ1) is 16.1. The van der Waals surface area contributed by atoms with E-state index in [2.05, 4.69) is 24.3 Å². The predicted octanol–water partition coefficient (Wildman–Crippen LogP) is 4.80. The number of carbonyl (C=O) groups excluding carboxylic acids is 1. The highest BCUT2D eigenvalue weighted by Gasteiger charge is 2.42. The Morgan fingerprint density at radius 1 is 1.04 bits per heavy atom. The number of benzene rings is 1. The zero-order valence-electron chi connectivity index (χ0n) is 13.7. The van der Waals surface area contributed by atoms with Crippen LogP contribution in [0.3, 0.4) is 0 Å². The first-order valence-electron chi connectivity index (χ1n) is 8.63. The fourth-order valence-corrected chi connectivity index (χ4v) is 7.44. The van der Waals surface area contributed by atoms with E-state index in [1.54, 1.807) is 11.8 Å². The number of amides is 1. The first-order chi connectivity index (χ1) is 12.3. The highest BCUT2D eigenvalue weighted by Crippen LogP contribution is 2.51. The molecule has 1 aromatic rings. The van der Waals surface area contributed by atoms with E-state index in [4.69, 9.17) is 4.99 Å². The lowest BCUT2D eigenvalue weighted by atomic mass is 9.84. The molecule has 1 aliphatic carbocycles. The number of nitrogens with zero attached hydrogens (tertiary/aromatic N) is 2. The molecule has 0 radical (unpaired) electrons. The standard InChI is InChI=1S/C19H18N2OS3/c22-15-11-25-19-20-16-13(7-4-8-14(16)18-23-9-10-24-18)17(21(15)19)12-5-2-1-3-6-12/h1-3,5-6,17H,4,7-11H2/t17-/m0/s1. The van der Waals surface area contributed by atoms with Crippen LogP contribution in [-0.4, -0.2) is 33.2 Å². The Bertz CT molecular complexity index is 820. The smallest absolute Gasteiger partial charge is 0.239 e. The van der Waals surface area contributed by atoms with Gasteiger partial charge >= 0.3 is 0 Å². The second-order valence-corrected chi connectivity index (χ2v) is 9.86. The number of allylic oxidation sites excluding steroid dienone is 1. The number of carbonyl (C=O) groups is 1. The maximum absolute atomic E-state index is 12.6. The summed E-state index contributed by atoms with van der Waals surface area (Å²) in [6.07, 6.45) is 3.31. The largest absolute Gasteiger partial charge is 0.279 e. The molecular formula is C19H18N2OS3. The average molecular weight is 387 g/mol. The Morgan fingerprint density at radius 2 is 1.84 bits per heavy atom. The molecule has 128 valence electrons. The van der Waals surface area contributed by atoms with E-state index in [9.17, 15) is 4.79 Å². The zero-order valence-corrected chi connectivity index (χ0v) is 16.2. The van der Waals surface area contributed by atoms with Gasteiger partial charge in [0, 0.05) is 15.7 Å². The van der Waals surface area contributed by atoms with Crippen LogP contribution in [0.15, 0.2) is 56.4 Å². The number of fused-ring (bicyclic) bond motifs is 1. The van der Waals surface area contributed by atoms with Crippen LogP contribution < -0.4 is 0 Å². The Kier molecular flexibility index (Phi) is 4.22. The third-order valence-corrected chi connectivity index (χ3v) is 8.71. The van der Waals surface area contributed by atoms with Crippen LogP contribution in [0, 0.1) is 0 Å². The van der Waals surface area contributed by atoms with Gasteiger partial charge in [-0.1, -0.05) is 42.1 Å². The highest BCUT2D eigenvalue weighted by atomic mass is 32.2. The van der Waals surface area contributed by atoms with Crippen molar-refractivity contribution in [2.75, 3.05) is 17.3 Å². The van der Waals surface area contributed by atoms with E-state index in [-0.39, 0.29) is 11.9 Å². The van der Waals surface area contributed by atoms with Crippen molar-refractivity contribution in [1.29, 1.82) is 0 Å². The molecular weight excluding hydrogens is 368 g/mol. The van der Waals surface area contributed by atoms with Crippen molar-refractivity contribution >= 4 is 46.4 Å². The summed E-state index contributed by atoms with van der Waals surface area (Å²) >= 11 is 5.55. The summed E-state index contributed by atoms with van der Waals surface area (Å²) < 4.78 is 1.46. The molecule has 25 heavy (non-hydrogen) atoms. The van der Waals surface area contributed by atoms with Crippen LogP contribution in [0.2, 0.25) is 0 Å². The second-order valence-electron chi connectivity index (χ2n) is 6.45. The lowest BCUT2D eigenvalue weighted by Crippen LogP contribution is -2.38. The van der Waals surface area contributed by atoms with Gasteiger partial charge in [0.2, 0.25) is 5.91 Å². The Balaban J connectivity index is 1.69. The van der Waals surface area contributed by atoms with E-state index >= 15 is 0 Å². The number of aliphatic imine (C=N–C) groups is 1.